The zero-order valence-electron chi connectivity index (χ0n) is 12.5. The van der Waals surface area contributed by atoms with E-state index in [-0.39, 0.29) is 24.4 Å². The van der Waals surface area contributed by atoms with Gasteiger partial charge in [-0.05, 0) is 19.5 Å². The highest BCUT2D eigenvalue weighted by Gasteiger charge is 2.31. The first-order valence-corrected chi connectivity index (χ1v) is 7.50. The van der Waals surface area contributed by atoms with Gasteiger partial charge in [-0.25, -0.2) is 9.38 Å². The Hall–Kier alpha value is -2.00. The lowest BCUT2D eigenvalue weighted by Crippen LogP contribution is -2.33. The standard InChI is InChI=1S/C16H19FN4O/c1-21-9-13(17)7-14(21)10-22-16-11(2-4-18)6-12-8-19-5-3-15(12)20-16/h3,5-6,8,12-15H,2,7,9-10H2,1H3/t12?,13-,14+,15?/m1/s1. The average molecular weight is 302 g/mol. The Labute approximate surface area is 129 Å². The molecule has 3 aliphatic heterocycles. The minimum atomic E-state index is -0.789. The Morgan fingerprint density at radius 3 is 3.14 bits per heavy atom. The van der Waals surface area contributed by atoms with Crippen LogP contribution >= 0.6 is 0 Å². The molecule has 0 amide bonds. The molecule has 0 bridgehead atoms. The fourth-order valence-corrected chi connectivity index (χ4v) is 3.03. The molecule has 6 heteroatoms. The lowest BCUT2D eigenvalue weighted by atomic mass is 9.93. The number of alkyl halides is 1. The number of halogens is 1. The quantitative estimate of drug-likeness (QED) is 0.799. The molecule has 2 unspecified atom stereocenters. The number of aliphatic imine (C=N–C) groups is 2. The number of hydrogen-bond acceptors (Lipinski definition) is 5. The van der Waals surface area contributed by atoms with E-state index in [0.29, 0.717) is 25.5 Å². The van der Waals surface area contributed by atoms with Crippen LogP contribution in [0, 0.1) is 17.2 Å². The highest BCUT2D eigenvalue weighted by atomic mass is 19.1. The van der Waals surface area contributed by atoms with Gasteiger partial charge >= 0.3 is 0 Å². The molecule has 3 heterocycles. The third-order valence-electron chi connectivity index (χ3n) is 4.28. The zero-order valence-corrected chi connectivity index (χ0v) is 12.5. The summed E-state index contributed by atoms with van der Waals surface area (Å²) in [6, 6.07) is 2.18. The minimum Gasteiger partial charge on any atom is -0.476 e. The molecule has 0 N–H and O–H groups in total. The summed E-state index contributed by atoms with van der Waals surface area (Å²) in [7, 11) is 1.90. The third-order valence-corrected chi connectivity index (χ3v) is 4.28. The second kappa shape index (κ2) is 6.41. The molecular formula is C16H19FN4O. The van der Waals surface area contributed by atoms with Gasteiger partial charge in [0, 0.05) is 36.5 Å². The van der Waals surface area contributed by atoms with Crippen LogP contribution in [0.2, 0.25) is 0 Å². The predicted octanol–water partition coefficient (Wildman–Crippen LogP) is 1.88. The first-order chi connectivity index (χ1) is 10.7. The molecule has 116 valence electrons. The van der Waals surface area contributed by atoms with Crippen LogP contribution in [0.15, 0.2) is 33.9 Å². The van der Waals surface area contributed by atoms with Gasteiger partial charge in [0.1, 0.15) is 12.8 Å². The fourth-order valence-electron chi connectivity index (χ4n) is 3.03. The van der Waals surface area contributed by atoms with E-state index in [0.717, 1.165) is 5.57 Å². The highest BCUT2D eigenvalue weighted by Crippen LogP contribution is 2.25. The van der Waals surface area contributed by atoms with Crippen molar-refractivity contribution in [1.82, 2.24) is 4.90 Å². The topological polar surface area (TPSA) is 61.0 Å². The Morgan fingerprint density at radius 2 is 2.41 bits per heavy atom. The van der Waals surface area contributed by atoms with Crippen LogP contribution in [0.5, 0.6) is 0 Å². The number of ether oxygens (including phenoxy) is 1. The van der Waals surface area contributed by atoms with Crippen molar-refractivity contribution >= 4 is 12.1 Å². The van der Waals surface area contributed by atoms with E-state index in [1.54, 1.807) is 6.20 Å². The van der Waals surface area contributed by atoms with Gasteiger partial charge in [-0.2, -0.15) is 5.26 Å². The van der Waals surface area contributed by atoms with Crippen molar-refractivity contribution in [3.05, 3.63) is 23.9 Å². The van der Waals surface area contributed by atoms with Crippen molar-refractivity contribution in [2.45, 2.75) is 31.1 Å². The first kappa shape index (κ1) is 14.9. The summed E-state index contributed by atoms with van der Waals surface area (Å²) in [5, 5.41) is 8.98. The Balaban J connectivity index is 1.69. The molecule has 1 saturated heterocycles. The van der Waals surface area contributed by atoms with E-state index in [4.69, 9.17) is 10.00 Å². The van der Waals surface area contributed by atoms with Crippen molar-refractivity contribution in [3.63, 3.8) is 0 Å². The molecular weight excluding hydrogens is 283 g/mol. The second-order valence-electron chi connectivity index (χ2n) is 5.91. The maximum Gasteiger partial charge on any atom is 0.213 e. The summed E-state index contributed by atoms with van der Waals surface area (Å²) in [6.07, 6.45) is 7.44. The van der Waals surface area contributed by atoms with Crippen LogP contribution in [-0.4, -0.2) is 55.5 Å². The summed E-state index contributed by atoms with van der Waals surface area (Å²) >= 11 is 0. The number of likely N-dealkylation sites (N-methyl/N-ethyl adjacent to an activating group) is 1. The number of nitrogens with zero attached hydrogens (tertiary/aromatic N) is 4. The minimum absolute atomic E-state index is 0.0230. The Bertz CT molecular complexity index is 589. The van der Waals surface area contributed by atoms with Crippen molar-refractivity contribution in [1.29, 1.82) is 5.26 Å². The summed E-state index contributed by atoms with van der Waals surface area (Å²) < 4.78 is 19.2. The van der Waals surface area contributed by atoms with Gasteiger partial charge in [0.25, 0.3) is 0 Å². The normalized spacial score (nSPS) is 33.9. The Morgan fingerprint density at radius 1 is 1.55 bits per heavy atom. The Kier molecular flexibility index (Phi) is 4.34. The lowest BCUT2D eigenvalue weighted by molar-refractivity contribution is 0.188. The predicted molar refractivity (Wildman–Crippen MR) is 82.5 cm³/mol. The van der Waals surface area contributed by atoms with E-state index in [9.17, 15) is 4.39 Å². The van der Waals surface area contributed by atoms with Crippen molar-refractivity contribution in [2.24, 2.45) is 15.9 Å². The number of likely N-dealkylation sites (tertiary alicyclic amines) is 1. The number of fused-ring (bicyclic) bond motifs is 1. The monoisotopic (exact) mass is 302 g/mol. The largest absolute Gasteiger partial charge is 0.476 e. The number of dihydropyridines is 1. The maximum atomic E-state index is 13.4. The van der Waals surface area contributed by atoms with Crippen LogP contribution < -0.4 is 0 Å². The molecule has 0 saturated carbocycles. The van der Waals surface area contributed by atoms with Gasteiger partial charge in [0.2, 0.25) is 5.90 Å². The SMILES string of the molecule is CN1C[C@H](F)C[C@H]1COC1=NC2C=CN=CC2C=C1CC#N. The molecule has 22 heavy (non-hydrogen) atoms. The molecule has 5 nitrogen and oxygen atoms in total. The van der Waals surface area contributed by atoms with Crippen molar-refractivity contribution < 1.29 is 9.13 Å². The smallest absolute Gasteiger partial charge is 0.213 e. The van der Waals surface area contributed by atoms with Gasteiger partial charge in [0.05, 0.1) is 18.5 Å². The van der Waals surface area contributed by atoms with E-state index >= 15 is 0 Å². The van der Waals surface area contributed by atoms with Gasteiger partial charge in [-0.3, -0.25) is 9.89 Å². The molecule has 0 aliphatic carbocycles. The van der Waals surface area contributed by atoms with Crippen molar-refractivity contribution in [2.75, 3.05) is 20.2 Å². The van der Waals surface area contributed by atoms with E-state index in [2.05, 4.69) is 16.1 Å². The van der Waals surface area contributed by atoms with E-state index in [1.807, 2.05) is 30.3 Å². The second-order valence-corrected chi connectivity index (χ2v) is 5.91. The zero-order chi connectivity index (χ0) is 15.5. The summed E-state index contributed by atoms with van der Waals surface area (Å²) in [6.45, 7) is 0.846. The van der Waals surface area contributed by atoms with E-state index in [1.165, 1.54) is 0 Å². The van der Waals surface area contributed by atoms with Gasteiger partial charge in [-0.1, -0.05) is 6.08 Å². The van der Waals surface area contributed by atoms with Crippen LogP contribution in [0.4, 0.5) is 4.39 Å². The maximum absolute atomic E-state index is 13.4. The summed E-state index contributed by atoms with van der Waals surface area (Å²) in [4.78, 5) is 10.7. The highest BCUT2D eigenvalue weighted by molar-refractivity contribution is 5.96. The van der Waals surface area contributed by atoms with Crippen LogP contribution in [-0.2, 0) is 4.74 Å². The number of hydrogen-bond donors (Lipinski definition) is 0. The molecule has 3 rings (SSSR count). The molecule has 3 aliphatic rings. The van der Waals surface area contributed by atoms with Gasteiger partial charge < -0.3 is 4.74 Å². The molecule has 0 spiro atoms. The van der Waals surface area contributed by atoms with Gasteiger partial charge in [0.15, 0.2) is 0 Å². The molecule has 0 aromatic heterocycles. The molecule has 4 atom stereocenters. The molecule has 0 aromatic rings. The van der Waals surface area contributed by atoms with Crippen LogP contribution in [0.1, 0.15) is 12.8 Å². The van der Waals surface area contributed by atoms with E-state index < -0.39 is 6.17 Å². The summed E-state index contributed by atoms with van der Waals surface area (Å²) in [5.74, 6) is 0.600. The van der Waals surface area contributed by atoms with Crippen LogP contribution in [0.25, 0.3) is 0 Å². The molecule has 0 aromatic carbocycles. The molecule has 0 radical (unpaired) electrons. The number of rotatable bonds is 3. The lowest BCUT2D eigenvalue weighted by Gasteiger charge is -2.26. The van der Waals surface area contributed by atoms with Crippen LogP contribution in [0.3, 0.4) is 0 Å². The number of nitriles is 1. The van der Waals surface area contributed by atoms with Crippen molar-refractivity contribution in [3.8, 4) is 6.07 Å². The fraction of sp³-hybridized carbons (Fsp3) is 0.562. The first-order valence-electron chi connectivity index (χ1n) is 7.50. The average Bonchev–Trinajstić information content (AvgIpc) is 2.83. The third kappa shape index (κ3) is 3.09. The molecule has 1 fully saturated rings. The van der Waals surface area contributed by atoms with Gasteiger partial charge in [-0.15, -0.1) is 0 Å². The summed E-state index contributed by atoms with van der Waals surface area (Å²) in [5.41, 5.74) is 0.794.